The second kappa shape index (κ2) is 5.14. The molecule has 1 atom stereocenters. The molecule has 1 aromatic carbocycles. The van der Waals surface area contributed by atoms with E-state index in [2.05, 4.69) is 0 Å². The molecule has 0 aliphatic carbocycles. The first kappa shape index (κ1) is 13.4. The molecule has 1 aromatic rings. The van der Waals surface area contributed by atoms with Gasteiger partial charge in [-0.2, -0.15) is 0 Å². The molecule has 0 fully saturated rings. The standard InChI is InChI=1S/C12H17FN2O2/c1-7-4-11(15(3)6-12(14)17)9(8(2)16)5-10(7)13/h4-5,8,16H,6H2,1-3H3,(H2,14,17). The van der Waals surface area contributed by atoms with Crippen molar-refractivity contribution in [3.05, 3.63) is 29.1 Å². The Balaban J connectivity index is 3.20. The Morgan fingerprint density at radius 2 is 2.18 bits per heavy atom. The van der Waals surface area contributed by atoms with Crippen molar-refractivity contribution in [1.82, 2.24) is 0 Å². The van der Waals surface area contributed by atoms with Crippen LogP contribution in [0, 0.1) is 12.7 Å². The predicted octanol–water partition coefficient (Wildman–Crippen LogP) is 1.11. The van der Waals surface area contributed by atoms with Gasteiger partial charge in [0.05, 0.1) is 12.6 Å². The summed E-state index contributed by atoms with van der Waals surface area (Å²) < 4.78 is 13.4. The Kier molecular flexibility index (Phi) is 4.07. The van der Waals surface area contributed by atoms with E-state index in [9.17, 15) is 14.3 Å². The van der Waals surface area contributed by atoms with E-state index in [-0.39, 0.29) is 12.4 Å². The molecule has 0 spiro atoms. The van der Waals surface area contributed by atoms with Crippen molar-refractivity contribution in [1.29, 1.82) is 0 Å². The van der Waals surface area contributed by atoms with Crippen LogP contribution in [0.4, 0.5) is 10.1 Å². The average molecular weight is 240 g/mol. The summed E-state index contributed by atoms with van der Waals surface area (Å²) in [7, 11) is 1.67. The van der Waals surface area contributed by atoms with Crippen molar-refractivity contribution < 1.29 is 14.3 Å². The molecule has 0 aromatic heterocycles. The maximum Gasteiger partial charge on any atom is 0.236 e. The van der Waals surface area contributed by atoms with Crippen molar-refractivity contribution in [3.63, 3.8) is 0 Å². The summed E-state index contributed by atoms with van der Waals surface area (Å²) in [6.45, 7) is 3.19. The molecular formula is C12H17FN2O2. The van der Waals surface area contributed by atoms with Crippen LogP contribution in [0.1, 0.15) is 24.2 Å². The number of hydrogen-bond donors (Lipinski definition) is 2. The van der Waals surface area contributed by atoms with E-state index in [0.717, 1.165) is 0 Å². The number of benzene rings is 1. The van der Waals surface area contributed by atoms with Crippen molar-refractivity contribution in [2.45, 2.75) is 20.0 Å². The third-order valence-electron chi connectivity index (χ3n) is 2.56. The van der Waals surface area contributed by atoms with Gasteiger partial charge in [0.15, 0.2) is 0 Å². The Bertz CT molecular complexity index is 433. The van der Waals surface area contributed by atoms with Crippen molar-refractivity contribution >= 4 is 11.6 Å². The van der Waals surface area contributed by atoms with Crippen LogP contribution in [0.5, 0.6) is 0 Å². The normalized spacial score (nSPS) is 12.3. The highest BCUT2D eigenvalue weighted by Crippen LogP contribution is 2.28. The van der Waals surface area contributed by atoms with Gasteiger partial charge in [-0.3, -0.25) is 4.79 Å². The summed E-state index contributed by atoms with van der Waals surface area (Å²) in [5.41, 5.74) is 6.62. The lowest BCUT2D eigenvalue weighted by Gasteiger charge is -2.23. The van der Waals surface area contributed by atoms with Gasteiger partial charge in [-0.15, -0.1) is 0 Å². The summed E-state index contributed by atoms with van der Waals surface area (Å²) in [4.78, 5) is 12.5. The van der Waals surface area contributed by atoms with Gasteiger partial charge in [-0.25, -0.2) is 4.39 Å². The molecule has 4 nitrogen and oxygen atoms in total. The fourth-order valence-corrected chi connectivity index (χ4v) is 1.67. The van der Waals surface area contributed by atoms with Gasteiger partial charge in [0, 0.05) is 18.3 Å². The number of carbonyl (C=O) groups is 1. The lowest BCUT2D eigenvalue weighted by atomic mass is 10.0. The van der Waals surface area contributed by atoms with Gasteiger partial charge < -0.3 is 15.7 Å². The summed E-state index contributed by atoms with van der Waals surface area (Å²) in [6, 6.07) is 2.88. The first-order chi connectivity index (χ1) is 7.82. The summed E-state index contributed by atoms with van der Waals surface area (Å²) in [6.07, 6.45) is -0.810. The summed E-state index contributed by atoms with van der Waals surface area (Å²) in [5, 5.41) is 9.59. The maximum atomic E-state index is 13.4. The third-order valence-corrected chi connectivity index (χ3v) is 2.56. The van der Waals surface area contributed by atoms with E-state index in [1.54, 1.807) is 31.9 Å². The molecule has 1 rings (SSSR count). The number of rotatable bonds is 4. The number of nitrogens with zero attached hydrogens (tertiary/aromatic N) is 1. The highest BCUT2D eigenvalue weighted by Gasteiger charge is 2.15. The lowest BCUT2D eigenvalue weighted by molar-refractivity contribution is -0.116. The molecule has 0 bridgehead atoms. The number of aliphatic hydroxyl groups is 1. The number of halogens is 1. The maximum absolute atomic E-state index is 13.4. The lowest BCUT2D eigenvalue weighted by Crippen LogP contribution is -2.31. The van der Waals surface area contributed by atoms with Crippen LogP contribution in [-0.4, -0.2) is 24.6 Å². The largest absolute Gasteiger partial charge is 0.389 e. The minimum Gasteiger partial charge on any atom is -0.389 e. The van der Waals surface area contributed by atoms with Gasteiger partial charge in [0.1, 0.15) is 5.82 Å². The van der Waals surface area contributed by atoms with E-state index in [0.29, 0.717) is 16.8 Å². The first-order valence-electron chi connectivity index (χ1n) is 5.30. The Morgan fingerprint density at radius 3 is 2.65 bits per heavy atom. The number of amides is 1. The molecular weight excluding hydrogens is 223 g/mol. The SMILES string of the molecule is Cc1cc(N(C)CC(N)=O)c(C(C)O)cc1F. The highest BCUT2D eigenvalue weighted by atomic mass is 19.1. The molecule has 17 heavy (non-hydrogen) atoms. The molecule has 0 aliphatic rings. The van der Waals surface area contributed by atoms with Crippen LogP contribution in [0.2, 0.25) is 0 Å². The number of aryl methyl sites for hydroxylation is 1. The van der Waals surface area contributed by atoms with Gasteiger partial charge in [-0.05, 0) is 31.5 Å². The predicted molar refractivity (Wildman–Crippen MR) is 64.2 cm³/mol. The molecule has 0 radical (unpaired) electrons. The first-order valence-corrected chi connectivity index (χ1v) is 5.30. The molecule has 1 unspecified atom stereocenters. The van der Waals surface area contributed by atoms with Gasteiger partial charge in [0.25, 0.3) is 0 Å². The second-order valence-electron chi connectivity index (χ2n) is 4.16. The van der Waals surface area contributed by atoms with Crippen LogP contribution in [0.25, 0.3) is 0 Å². The second-order valence-corrected chi connectivity index (χ2v) is 4.16. The van der Waals surface area contributed by atoms with E-state index in [4.69, 9.17) is 5.73 Å². The van der Waals surface area contributed by atoms with Gasteiger partial charge >= 0.3 is 0 Å². The van der Waals surface area contributed by atoms with Gasteiger partial charge in [0.2, 0.25) is 5.91 Å². The summed E-state index contributed by atoms with van der Waals surface area (Å²) in [5.74, 6) is -0.858. The molecule has 0 saturated carbocycles. The van der Waals surface area contributed by atoms with Crippen molar-refractivity contribution in [2.75, 3.05) is 18.5 Å². The van der Waals surface area contributed by atoms with Gasteiger partial charge in [-0.1, -0.05) is 0 Å². The summed E-state index contributed by atoms with van der Waals surface area (Å²) >= 11 is 0. The van der Waals surface area contributed by atoms with Crippen molar-refractivity contribution in [2.24, 2.45) is 5.73 Å². The fourth-order valence-electron chi connectivity index (χ4n) is 1.67. The number of likely N-dealkylation sites (N-methyl/N-ethyl adjacent to an activating group) is 1. The Labute approximate surface area is 99.8 Å². The quantitative estimate of drug-likeness (QED) is 0.828. The average Bonchev–Trinajstić information content (AvgIpc) is 2.19. The topological polar surface area (TPSA) is 66.6 Å². The molecule has 0 heterocycles. The zero-order chi connectivity index (χ0) is 13.2. The number of hydrogen-bond acceptors (Lipinski definition) is 3. The third kappa shape index (κ3) is 3.17. The molecule has 3 N–H and O–H groups in total. The molecule has 0 saturated heterocycles. The smallest absolute Gasteiger partial charge is 0.236 e. The Morgan fingerprint density at radius 1 is 1.59 bits per heavy atom. The number of primary amides is 1. The number of carbonyl (C=O) groups excluding carboxylic acids is 1. The molecule has 0 aliphatic heterocycles. The fraction of sp³-hybridized carbons (Fsp3) is 0.417. The van der Waals surface area contributed by atoms with Crippen LogP contribution in [0.15, 0.2) is 12.1 Å². The minimum absolute atomic E-state index is 0.0186. The highest BCUT2D eigenvalue weighted by molar-refractivity contribution is 5.79. The van der Waals surface area contributed by atoms with E-state index in [1.165, 1.54) is 6.07 Å². The zero-order valence-corrected chi connectivity index (χ0v) is 10.2. The van der Waals surface area contributed by atoms with Crippen LogP contribution in [0.3, 0.4) is 0 Å². The number of anilines is 1. The molecule has 94 valence electrons. The number of aliphatic hydroxyl groups excluding tert-OH is 1. The van der Waals surface area contributed by atoms with Crippen LogP contribution < -0.4 is 10.6 Å². The van der Waals surface area contributed by atoms with Crippen LogP contribution in [-0.2, 0) is 4.79 Å². The minimum atomic E-state index is -0.810. The van der Waals surface area contributed by atoms with Crippen LogP contribution >= 0.6 is 0 Å². The Hall–Kier alpha value is -1.62. The van der Waals surface area contributed by atoms with E-state index < -0.39 is 12.0 Å². The number of nitrogens with two attached hydrogens (primary N) is 1. The van der Waals surface area contributed by atoms with Crippen molar-refractivity contribution in [3.8, 4) is 0 Å². The monoisotopic (exact) mass is 240 g/mol. The molecule has 1 amide bonds. The van der Waals surface area contributed by atoms with E-state index in [1.807, 2.05) is 0 Å². The van der Waals surface area contributed by atoms with E-state index >= 15 is 0 Å². The molecule has 5 heteroatoms. The zero-order valence-electron chi connectivity index (χ0n) is 10.2.